The molecule has 0 spiro atoms. The number of hydrogen-bond acceptors (Lipinski definition) is 5. The lowest BCUT2D eigenvalue weighted by Crippen LogP contribution is -2.41. The van der Waals surface area contributed by atoms with Crippen LogP contribution >= 0.6 is 0 Å². The van der Waals surface area contributed by atoms with Gasteiger partial charge in [0.2, 0.25) is 0 Å². The zero-order valence-electron chi connectivity index (χ0n) is 13.0. The predicted molar refractivity (Wildman–Crippen MR) is 78.8 cm³/mol. The molecular formula is C17H20O5. The molecule has 5 nitrogen and oxygen atoms in total. The monoisotopic (exact) mass is 304 g/mol. The number of carbonyl (C=O) groups is 3. The van der Waals surface area contributed by atoms with Gasteiger partial charge in [-0.3, -0.25) is 14.4 Å². The molecule has 1 aliphatic heterocycles. The lowest BCUT2D eigenvalue weighted by Gasteiger charge is -2.31. The van der Waals surface area contributed by atoms with Crippen molar-refractivity contribution >= 4 is 17.7 Å². The van der Waals surface area contributed by atoms with E-state index in [4.69, 9.17) is 9.47 Å². The van der Waals surface area contributed by atoms with Crippen molar-refractivity contribution in [2.45, 2.75) is 33.3 Å². The van der Waals surface area contributed by atoms with Gasteiger partial charge in [-0.15, -0.1) is 0 Å². The summed E-state index contributed by atoms with van der Waals surface area (Å²) in [4.78, 5) is 36.0. The zero-order chi connectivity index (χ0) is 16.3. The number of ether oxygens (including phenoxy) is 2. The van der Waals surface area contributed by atoms with Crippen LogP contribution in [0.2, 0.25) is 0 Å². The molecule has 118 valence electrons. The molecular weight excluding hydrogens is 284 g/mol. The highest BCUT2D eigenvalue weighted by atomic mass is 16.6. The molecule has 0 aromatic heterocycles. The van der Waals surface area contributed by atoms with Gasteiger partial charge in [-0.1, -0.05) is 37.3 Å². The average Bonchev–Trinajstić information content (AvgIpc) is 2.81. The highest BCUT2D eigenvalue weighted by Crippen LogP contribution is 2.45. The van der Waals surface area contributed by atoms with Gasteiger partial charge in [0.25, 0.3) is 0 Å². The summed E-state index contributed by atoms with van der Waals surface area (Å²) in [5, 5.41) is 0. The fourth-order valence-electron chi connectivity index (χ4n) is 2.92. The van der Waals surface area contributed by atoms with Crippen molar-refractivity contribution < 1.29 is 23.9 Å². The van der Waals surface area contributed by atoms with E-state index in [0.29, 0.717) is 0 Å². The summed E-state index contributed by atoms with van der Waals surface area (Å²) in [6.07, 6.45) is -0.463. The Morgan fingerprint density at radius 3 is 2.55 bits per heavy atom. The maximum Gasteiger partial charge on any atom is 0.319 e. The SMILES string of the molecule is CCC(=O)[C@]1(C)C(=O)OC[C@H]1[C@@H](OC(C)=O)c1ccccc1. The topological polar surface area (TPSA) is 69.7 Å². The molecule has 0 N–H and O–H groups in total. The van der Waals surface area contributed by atoms with Gasteiger partial charge in [0, 0.05) is 13.3 Å². The van der Waals surface area contributed by atoms with E-state index in [9.17, 15) is 14.4 Å². The van der Waals surface area contributed by atoms with Crippen molar-refractivity contribution in [2.24, 2.45) is 11.3 Å². The van der Waals surface area contributed by atoms with Gasteiger partial charge in [-0.25, -0.2) is 0 Å². The van der Waals surface area contributed by atoms with Crippen LogP contribution < -0.4 is 0 Å². The summed E-state index contributed by atoms with van der Waals surface area (Å²) in [5.74, 6) is -1.73. The molecule has 1 aliphatic rings. The fourth-order valence-corrected chi connectivity index (χ4v) is 2.92. The molecule has 1 heterocycles. The van der Waals surface area contributed by atoms with Crippen LogP contribution in [0.5, 0.6) is 0 Å². The maximum atomic E-state index is 12.3. The van der Waals surface area contributed by atoms with E-state index in [-0.39, 0.29) is 18.8 Å². The van der Waals surface area contributed by atoms with E-state index in [1.54, 1.807) is 13.8 Å². The molecule has 0 saturated carbocycles. The number of carbonyl (C=O) groups excluding carboxylic acids is 3. The Kier molecular flexibility index (Phi) is 4.64. The van der Waals surface area contributed by atoms with Crippen LogP contribution in [0.3, 0.4) is 0 Å². The van der Waals surface area contributed by atoms with E-state index in [2.05, 4.69) is 0 Å². The van der Waals surface area contributed by atoms with Crippen molar-refractivity contribution in [3.63, 3.8) is 0 Å². The second-order valence-corrected chi connectivity index (χ2v) is 5.62. The summed E-state index contributed by atoms with van der Waals surface area (Å²) < 4.78 is 10.6. The Balaban J connectivity index is 2.44. The van der Waals surface area contributed by atoms with Crippen LogP contribution in [-0.4, -0.2) is 24.3 Å². The first-order valence-corrected chi connectivity index (χ1v) is 7.34. The van der Waals surface area contributed by atoms with E-state index in [1.165, 1.54) is 6.92 Å². The minimum absolute atomic E-state index is 0.0634. The Hall–Kier alpha value is -2.17. The normalized spacial score (nSPS) is 25.4. The third-order valence-corrected chi connectivity index (χ3v) is 4.25. The van der Waals surface area contributed by atoms with Crippen LogP contribution in [0.25, 0.3) is 0 Å². The second kappa shape index (κ2) is 6.30. The number of Topliss-reactive ketones (excluding diaryl/α,β-unsaturated/α-hetero) is 1. The standard InChI is InChI=1S/C17H20O5/c1-4-14(19)17(3)13(10-21-16(17)20)15(22-11(2)18)12-8-6-5-7-9-12/h5-9,13,15H,4,10H2,1-3H3/t13-,15-,17+/m0/s1. The summed E-state index contributed by atoms with van der Waals surface area (Å²) >= 11 is 0. The van der Waals surface area contributed by atoms with Gasteiger partial charge < -0.3 is 9.47 Å². The molecule has 0 aliphatic carbocycles. The van der Waals surface area contributed by atoms with Crippen LogP contribution in [0.15, 0.2) is 30.3 Å². The lowest BCUT2D eigenvalue weighted by atomic mass is 9.71. The molecule has 0 unspecified atom stereocenters. The largest absolute Gasteiger partial charge is 0.464 e. The van der Waals surface area contributed by atoms with Gasteiger partial charge in [0.15, 0.2) is 0 Å². The van der Waals surface area contributed by atoms with Gasteiger partial charge in [0.05, 0.1) is 12.5 Å². The summed E-state index contributed by atoms with van der Waals surface area (Å²) in [6, 6.07) is 9.12. The number of hydrogen-bond donors (Lipinski definition) is 0. The molecule has 5 heteroatoms. The van der Waals surface area contributed by atoms with Crippen molar-refractivity contribution in [1.29, 1.82) is 0 Å². The minimum atomic E-state index is -1.29. The van der Waals surface area contributed by atoms with E-state index >= 15 is 0 Å². The quantitative estimate of drug-likeness (QED) is 0.617. The number of esters is 2. The summed E-state index contributed by atoms with van der Waals surface area (Å²) in [6.45, 7) is 4.67. The predicted octanol–water partition coefficient (Wildman–Crippen LogP) is 2.45. The molecule has 1 aromatic rings. The van der Waals surface area contributed by atoms with Crippen molar-refractivity contribution in [3.05, 3.63) is 35.9 Å². The molecule has 2 rings (SSSR count). The Morgan fingerprint density at radius 2 is 2.00 bits per heavy atom. The number of ketones is 1. The molecule has 22 heavy (non-hydrogen) atoms. The third-order valence-electron chi connectivity index (χ3n) is 4.25. The minimum Gasteiger partial charge on any atom is -0.464 e. The molecule has 0 radical (unpaired) electrons. The number of rotatable bonds is 5. The molecule has 0 amide bonds. The molecule has 3 atom stereocenters. The first-order valence-electron chi connectivity index (χ1n) is 7.34. The fraction of sp³-hybridized carbons (Fsp3) is 0.471. The van der Waals surface area contributed by atoms with Crippen molar-refractivity contribution in [2.75, 3.05) is 6.61 Å². The first-order chi connectivity index (χ1) is 10.4. The summed E-state index contributed by atoms with van der Waals surface area (Å²) in [5.41, 5.74) is -0.541. The van der Waals surface area contributed by atoms with E-state index in [1.807, 2.05) is 30.3 Å². The number of benzene rings is 1. The molecule has 1 aromatic carbocycles. The molecule has 0 bridgehead atoms. The van der Waals surface area contributed by atoms with Gasteiger partial charge in [0.1, 0.15) is 17.3 Å². The zero-order valence-corrected chi connectivity index (χ0v) is 13.0. The van der Waals surface area contributed by atoms with E-state index < -0.39 is 29.4 Å². The maximum absolute atomic E-state index is 12.3. The average molecular weight is 304 g/mol. The van der Waals surface area contributed by atoms with Gasteiger partial charge >= 0.3 is 11.9 Å². The van der Waals surface area contributed by atoms with Gasteiger partial charge in [-0.2, -0.15) is 0 Å². The first kappa shape index (κ1) is 16.2. The Labute approximate surface area is 129 Å². The Bertz CT molecular complexity index is 580. The summed E-state index contributed by atoms with van der Waals surface area (Å²) in [7, 11) is 0. The van der Waals surface area contributed by atoms with E-state index in [0.717, 1.165) is 5.56 Å². The van der Waals surface area contributed by atoms with Crippen molar-refractivity contribution in [3.8, 4) is 0 Å². The van der Waals surface area contributed by atoms with Crippen LogP contribution in [0, 0.1) is 11.3 Å². The smallest absolute Gasteiger partial charge is 0.319 e. The molecule has 1 fully saturated rings. The van der Waals surface area contributed by atoms with Crippen LogP contribution in [0.1, 0.15) is 38.9 Å². The van der Waals surface area contributed by atoms with Crippen molar-refractivity contribution in [1.82, 2.24) is 0 Å². The highest BCUT2D eigenvalue weighted by Gasteiger charge is 2.57. The highest BCUT2D eigenvalue weighted by molar-refractivity contribution is 6.04. The lowest BCUT2D eigenvalue weighted by molar-refractivity contribution is -0.158. The number of cyclic esters (lactones) is 1. The van der Waals surface area contributed by atoms with Crippen LogP contribution in [-0.2, 0) is 23.9 Å². The third kappa shape index (κ3) is 2.75. The van der Waals surface area contributed by atoms with Crippen LogP contribution in [0.4, 0.5) is 0 Å². The second-order valence-electron chi connectivity index (χ2n) is 5.62. The van der Waals surface area contributed by atoms with Gasteiger partial charge in [-0.05, 0) is 12.5 Å². The Morgan fingerprint density at radius 1 is 1.36 bits per heavy atom. The molecule has 1 saturated heterocycles.